The second kappa shape index (κ2) is 9.03. The number of hydrogen-bond acceptors (Lipinski definition) is 4. The number of aryl methyl sites for hydroxylation is 1. The summed E-state index contributed by atoms with van der Waals surface area (Å²) in [6.45, 7) is 5.38. The van der Waals surface area contributed by atoms with Crippen LogP contribution in [0.1, 0.15) is 22.3 Å². The Kier molecular flexibility index (Phi) is 5.69. The molecule has 182 valence electrons. The topological polar surface area (TPSA) is 24.9 Å². The number of fused-ring (bicyclic) bond motifs is 3. The Bertz CT molecular complexity index is 1430. The third-order valence-corrected chi connectivity index (χ3v) is 7.41. The highest BCUT2D eigenvalue weighted by atomic mass is 16.5. The first-order valence-electron chi connectivity index (χ1n) is 12.7. The van der Waals surface area contributed by atoms with Crippen LogP contribution in [0.4, 0.5) is 11.4 Å². The van der Waals surface area contributed by atoms with E-state index >= 15 is 0 Å². The summed E-state index contributed by atoms with van der Waals surface area (Å²) in [7, 11) is 4.15. The summed E-state index contributed by atoms with van der Waals surface area (Å²) in [5.41, 5.74) is 6.23. The molecule has 0 aromatic heterocycles. The van der Waals surface area contributed by atoms with Gasteiger partial charge in [0, 0.05) is 66.7 Å². The van der Waals surface area contributed by atoms with E-state index in [1.165, 1.54) is 22.0 Å². The largest absolute Gasteiger partial charge is 0.473 e. The lowest BCUT2D eigenvalue weighted by Gasteiger charge is -2.38. The maximum absolute atomic E-state index is 7.14. The average molecular weight is 477 g/mol. The van der Waals surface area contributed by atoms with Gasteiger partial charge in [0.2, 0.25) is 0 Å². The second-order valence-corrected chi connectivity index (χ2v) is 9.93. The van der Waals surface area contributed by atoms with Crippen molar-refractivity contribution in [2.24, 2.45) is 0 Å². The summed E-state index contributed by atoms with van der Waals surface area (Å²) < 4.78 is 12.8. The molecule has 0 aliphatic carbocycles. The van der Waals surface area contributed by atoms with Crippen LogP contribution in [0.2, 0.25) is 0 Å². The molecule has 4 aromatic carbocycles. The van der Waals surface area contributed by atoms with Crippen LogP contribution in [0.15, 0.2) is 84.9 Å². The zero-order chi connectivity index (χ0) is 24.7. The predicted octanol–water partition coefficient (Wildman–Crippen LogP) is 6.40. The van der Waals surface area contributed by atoms with Crippen LogP contribution >= 0.6 is 0 Å². The van der Waals surface area contributed by atoms with Crippen LogP contribution in [0, 0.1) is 6.92 Å². The summed E-state index contributed by atoms with van der Waals surface area (Å²) in [5.74, 6) is 0.911. The molecule has 0 N–H and O–H groups in total. The summed E-state index contributed by atoms with van der Waals surface area (Å²) in [5, 5.41) is 2.47. The van der Waals surface area contributed by atoms with Crippen LogP contribution in [-0.4, -0.2) is 40.4 Å². The highest BCUT2D eigenvalue weighted by Crippen LogP contribution is 2.47. The number of nitrogens with zero attached hydrogens (tertiary/aromatic N) is 2. The van der Waals surface area contributed by atoms with Gasteiger partial charge < -0.3 is 19.3 Å². The van der Waals surface area contributed by atoms with E-state index in [4.69, 9.17) is 9.47 Å². The lowest BCUT2D eigenvalue weighted by molar-refractivity contribution is 0.122. The minimum Gasteiger partial charge on any atom is -0.473 e. The zero-order valence-electron chi connectivity index (χ0n) is 21.2. The van der Waals surface area contributed by atoms with Crippen molar-refractivity contribution in [3.63, 3.8) is 0 Å². The zero-order valence-corrected chi connectivity index (χ0v) is 21.2. The standard InChI is InChI=1S/C32H32N2O2/c1-23-11-13-24(14-12-23)32(25-7-6-8-26(21-25)33(2)3)16-15-29-27-9-4-5-10-28(27)30(22-31(29)36-32)34-17-19-35-20-18-34/h4-16,21-22H,17-20H2,1-3H3. The fourth-order valence-corrected chi connectivity index (χ4v) is 5.38. The highest BCUT2D eigenvalue weighted by Gasteiger charge is 2.38. The minimum atomic E-state index is -0.725. The molecule has 0 bridgehead atoms. The van der Waals surface area contributed by atoms with Gasteiger partial charge in [-0.15, -0.1) is 0 Å². The number of hydrogen-bond donors (Lipinski definition) is 0. The second-order valence-electron chi connectivity index (χ2n) is 9.93. The van der Waals surface area contributed by atoms with Crippen molar-refractivity contribution < 1.29 is 9.47 Å². The Balaban J connectivity index is 1.56. The van der Waals surface area contributed by atoms with Gasteiger partial charge in [-0.25, -0.2) is 0 Å². The van der Waals surface area contributed by atoms with Gasteiger partial charge in [-0.3, -0.25) is 0 Å². The molecule has 4 aromatic rings. The van der Waals surface area contributed by atoms with Crippen LogP contribution in [-0.2, 0) is 10.3 Å². The van der Waals surface area contributed by atoms with Crippen LogP contribution < -0.4 is 14.5 Å². The van der Waals surface area contributed by atoms with Crippen molar-refractivity contribution in [1.82, 2.24) is 0 Å². The number of anilines is 2. The van der Waals surface area contributed by atoms with Gasteiger partial charge in [-0.1, -0.05) is 66.2 Å². The molecule has 36 heavy (non-hydrogen) atoms. The SMILES string of the molecule is Cc1ccc(C2(c3cccc(N(C)C)c3)C=Cc3c(cc(N4CCOCC4)c4ccccc34)O2)cc1. The Labute approximate surface area is 213 Å². The monoisotopic (exact) mass is 476 g/mol. The van der Waals surface area contributed by atoms with E-state index in [1.807, 2.05) is 0 Å². The Morgan fingerprint density at radius 2 is 1.56 bits per heavy atom. The molecule has 0 radical (unpaired) electrons. The van der Waals surface area contributed by atoms with Crippen LogP contribution in [0.25, 0.3) is 16.8 Å². The molecule has 1 atom stereocenters. The number of rotatable bonds is 4. The number of ether oxygens (including phenoxy) is 2. The van der Waals surface area contributed by atoms with Gasteiger partial charge in [-0.2, -0.15) is 0 Å². The Morgan fingerprint density at radius 3 is 2.31 bits per heavy atom. The molecular formula is C32H32N2O2. The first kappa shape index (κ1) is 22.7. The lowest BCUT2D eigenvalue weighted by Crippen LogP contribution is -2.37. The van der Waals surface area contributed by atoms with Crippen molar-refractivity contribution in [2.75, 3.05) is 50.2 Å². The number of morpholine rings is 1. The fraction of sp³-hybridized carbons (Fsp3) is 0.250. The molecule has 1 unspecified atom stereocenters. The minimum absolute atomic E-state index is 0.725. The van der Waals surface area contributed by atoms with Gasteiger partial charge in [0.05, 0.1) is 13.2 Å². The fourth-order valence-electron chi connectivity index (χ4n) is 5.38. The van der Waals surface area contributed by atoms with Gasteiger partial charge in [0.1, 0.15) is 5.75 Å². The van der Waals surface area contributed by atoms with E-state index in [2.05, 4.69) is 122 Å². The quantitative estimate of drug-likeness (QED) is 0.340. The summed E-state index contributed by atoms with van der Waals surface area (Å²) in [6, 6.07) is 28.3. The normalized spacial score (nSPS) is 19.1. The molecule has 2 heterocycles. The maximum Gasteiger partial charge on any atom is 0.178 e. The van der Waals surface area contributed by atoms with E-state index in [-0.39, 0.29) is 0 Å². The molecule has 4 nitrogen and oxygen atoms in total. The summed E-state index contributed by atoms with van der Waals surface area (Å²) >= 11 is 0. The molecule has 2 aliphatic heterocycles. The molecule has 1 fully saturated rings. The number of benzene rings is 4. The van der Waals surface area contributed by atoms with Crippen molar-refractivity contribution in [3.8, 4) is 5.75 Å². The summed E-state index contributed by atoms with van der Waals surface area (Å²) in [4.78, 5) is 4.56. The van der Waals surface area contributed by atoms with Gasteiger partial charge in [0.25, 0.3) is 0 Å². The molecule has 0 saturated carbocycles. The van der Waals surface area contributed by atoms with Crippen molar-refractivity contribution in [2.45, 2.75) is 12.5 Å². The highest BCUT2D eigenvalue weighted by molar-refractivity contribution is 6.02. The van der Waals surface area contributed by atoms with E-state index < -0.39 is 5.60 Å². The van der Waals surface area contributed by atoms with E-state index in [0.29, 0.717) is 0 Å². The van der Waals surface area contributed by atoms with Crippen molar-refractivity contribution >= 4 is 28.2 Å². The molecule has 1 saturated heterocycles. The lowest BCUT2D eigenvalue weighted by atomic mass is 9.82. The predicted molar refractivity (Wildman–Crippen MR) is 149 cm³/mol. The first-order valence-corrected chi connectivity index (χ1v) is 12.7. The van der Waals surface area contributed by atoms with Crippen LogP contribution in [0.3, 0.4) is 0 Å². The molecule has 2 aliphatic rings. The molecular weight excluding hydrogens is 444 g/mol. The van der Waals surface area contributed by atoms with Crippen LogP contribution in [0.5, 0.6) is 5.75 Å². The van der Waals surface area contributed by atoms with E-state index in [1.54, 1.807) is 0 Å². The Morgan fingerprint density at radius 1 is 0.806 bits per heavy atom. The molecule has 6 rings (SSSR count). The van der Waals surface area contributed by atoms with Gasteiger partial charge in [-0.05, 0) is 36.6 Å². The van der Waals surface area contributed by atoms with Gasteiger partial charge >= 0.3 is 0 Å². The summed E-state index contributed by atoms with van der Waals surface area (Å²) in [6.07, 6.45) is 4.49. The third kappa shape index (κ3) is 3.82. The van der Waals surface area contributed by atoms with Crippen molar-refractivity contribution in [1.29, 1.82) is 0 Å². The van der Waals surface area contributed by atoms with E-state index in [9.17, 15) is 0 Å². The maximum atomic E-state index is 7.14. The van der Waals surface area contributed by atoms with Crippen molar-refractivity contribution in [3.05, 3.63) is 107 Å². The molecule has 0 spiro atoms. The van der Waals surface area contributed by atoms with Gasteiger partial charge in [0.15, 0.2) is 5.60 Å². The Hall–Kier alpha value is -3.76. The average Bonchev–Trinajstić information content (AvgIpc) is 2.93. The third-order valence-electron chi connectivity index (χ3n) is 7.41. The van der Waals surface area contributed by atoms with E-state index in [0.717, 1.165) is 54.4 Å². The first-order chi connectivity index (χ1) is 17.5. The molecule has 0 amide bonds. The smallest absolute Gasteiger partial charge is 0.178 e. The molecule has 4 heteroatoms.